The van der Waals surface area contributed by atoms with E-state index in [1.54, 1.807) is 12.1 Å². The van der Waals surface area contributed by atoms with Crippen LogP contribution >= 0.6 is 0 Å². The first-order valence-electron chi connectivity index (χ1n) is 6.25. The van der Waals surface area contributed by atoms with E-state index in [4.69, 9.17) is 0 Å². The molecule has 0 N–H and O–H groups in total. The summed E-state index contributed by atoms with van der Waals surface area (Å²) in [5.41, 5.74) is 2.65. The van der Waals surface area contributed by atoms with Crippen LogP contribution in [0.3, 0.4) is 0 Å². The Morgan fingerprint density at radius 1 is 1.11 bits per heavy atom. The molecule has 0 fully saturated rings. The van der Waals surface area contributed by atoms with Crippen LogP contribution in [-0.2, 0) is 0 Å². The van der Waals surface area contributed by atoms with Gasteiger partial charge in [-0.2, -0.15) is 5.26 Å². The predicted octanol–water partition coefficient (Wildman–Crippen LogP) is 3.88. The summed E-state index contributed by atoms with van der Waals surface area (Å²) in [5.74, 6) is -0.371. The van der Waals surface area contributed by atoms with Gasteiger partial charge < -0.3 is 0 Å². The van der Waals surface area contributed by atoms with Gasteiger partial charge in [0.05, 0.1) is 12.0 Å². The molecule has 94 valence electrons. The molecule has 0 unspecified atom stereocenters. The second-order valence-corrected chi connectivity index (χ2v) is 4.53. The highest BCUT2D eigenvalue weighted by molar-refractivity contribution is 5.96. The Morgan fingerprint density at radius 3 is 2.37 bits per heavy atom. The lowest BCUT2D eigenvalue weighted by Gasteiger charge is -2.11. The maximum absolute atomic E-state index is 12.1. The molecule has 0 aliphatic heterocycles. The van der Waals surface area contributed by atoms with Crippen LogP contribution in [0.4, 0.5) is 0 Å². The average Bonchev–Trinajstić information content (AvgIpc) is 2.46. The summed E-state index contributed by atoms with van der Waals surface area (Å²) >= 11 is 0. The Morgan fingerprint density at radius 2 is 1.74 bits per heavy atom. The number of nitrogens with zero attached hydrogens (tertiary/aromatic N) is 1. The molecular weight excluding hydrogens is 234 g/mol. The molecule has 2 nitrogen and oxygen atoms in total. The van der Waals surface area contributed by atoms with Crippen LogP contribution in [0.15, 0.2) is 54.6 Å². The number of Topliss-reactive ketones (excluding diaryl/α,β-unsaturated/α-hetero) is 1. The monoisotopic (exact) mass is 249 g/mol. The van der Waals surface area contributed by atoms with Crippen LogP contribution in [0.1, 0.15) is 33.8 Å². The normalized spacial score (nSPS) is 11.6. The van der Waals surface area contributed by atoms with Gasteiger partial charge in [0.15, 0.2) is 5.78 Å². The van der Waals surface area contributed by atoms with Gasteiger partial charge in [-0.25, -0.2) is 0 Å². The SMILES string of the molecule is Cc1ccccc1[C@H](C#N)CC(=O)c1ccccc1. The highest BCUT2D eigenvalue weighted by atomic mass is 16.1. The molecule has 0 aliphatic rings. The van der Waals surface area contributed by atoms with Crippen LogP contribution in [0.2, 0.25) is 0 Å². The van der Waals surface area contributed by atoms with E-state index in [0.717, 1.165) is 11.1 Å². The molecule has 0 heterocycles. The Balaban J connectivity index is 2.20. The third-order valence-corrected chi connectivity index (χ3v) is 3.20. The Bertz CT molecular complexity index is 611. The van der Waals surface area contributed by atoms with Gasteiger partial charge in [0.2, 0.25) is 0 Å². The molecule has 0 bridgehead atoms. The standard InChI is InChI=1S/C17H15NO/c1-13-7-5-6-10-16(13)15(12-18)11-17(19)14-8-3-2-4-9-14/h2-10,15H,11H2,1H3/t15-/m0/s1. The summed E-state index contributed by atoms with van der Waals surface area (Å²) in [7, 11) is 0. The summed E-state index contributed by atoms with van der Waals surface area (Å²) in [6.07, 6.45) is 0.228. The molecule has 2 rings (SSSR count). The van der Waals surface area contributed by atoms with Crippen molar-refractivity contribution in [2.75, 3.05) is 0 Å². The van der Waals surface area contributed by atoms with Crippen LogP contribution < -0.4 is 0 Å². The first kappa shape index (κ1) is 13.0. The number of hydrogen-bond donors (Lipinski definition) is 0. The average molecular weight is 249 g/mol. The summed E-state index contributed by atoms with van der Waals surface area (Å²) in [5, 5.41) is 9.30. The molecule has 0 aliphatic carbocycles. The van der Waals surface area contributed by atoms with Crippen LogP contribution in [0.25, 0.3) is 0 Å². The largest absolute Gasteiger partial charge is 0.294 e. The van der Waals surface area contributed by atoms with Crippen molar-refractivity contribution >= 4 is 5.78 Å². The maximum atomic E-state index is 12.1. The molecule has 0 radical (unpaired) electrons. The fraction of sp³-hybridized carbons (Fsp3) is 0.176. The number of carbonyl (C=O) groups is 1. The lowest BCUT2D eigenvalue weighted by molar-refractivity contribution is 0.0979. The maximum Gasteiger partial charge on any atom is 0.164 e. The highest BCUT2D eigenvalue weighted by Crippen LogP contribution is 2.24. The van der Waals surface area contributed by atoms with Crippen LogP contribution in [0.5, 0.6) is 0 Å². The van der Waals surface area contributed by atoms with Crippen molar-refractivity contribution in [3.05, 3.63) is 71.3 Å². The Kier molecular flexibility index (Phi) is 4.10. The first-order chi connectivity index (χ1) is 9.22. The third-order valence-electron chi connectivity index (χ3n) is 3.20. The van der Waals surface area contributed by atoms with Gasteiger partial charge in [-0.3, -0.25) is 4.79 Å². The molecule has 19 heavy (non-hydrogen) atoms. The zero-order chi connectivity index (χ0) is 13.7. The van der Waals surface area contributed by atoms with Crippen molar-refractivity contribution in [2.45, 2.75) is 19.3 Å². The van der Waals surface area contributed by atoms with Crippen molar-refractivity contribution in [1.82, 2.24) is 0 Å². The molecule has 2 aromatic rings. The number of carbonyl (C=O) groups excluding carboxylic acids is 1. The topological polar surface area (TPSA) is 40.9 Å². The van der Waals surface area contributed by atoms with Gasteiger partial charge in [0.25, 0.3) is 0 Å². The van der Waals surface area contributed by atoms with Gasteiger partial charge in [-0.05, 0) is 18.1 Å². The van der Waals surface area contributed by atoms with E-state index in [2.05, 4.69) is 6.07 Å². The van der Waals surface area contributed by atoms with Crippen molar-refractivity contribution in [3.8, 4) is 6.07 Å². The Hall–Kier alpha value is -2.40. The molecular formula is C17H15NO. The van der Waals surface area contributed by atoms with Crippen LogP contribution in [0, 0.1) is 18.3 Å². The molecule has 1 atom stereocenters. The van der Waals surface area contributed by atoms with Crippen molar-refractivity contribution in [3.63, 3.8) is 0 Å². The number of ketones is 1. The fourth-order valence-corrected chi connectivity index (χ4v) is 2.13. The van der Waals surface area contributed by atoms with E-state index >= 15 is 0 Å². The number of hydrogen-bond acceptors (Lipinski definition) is 2. The molecule has 0 saturated heterocycles. The predicted molar refractivity (Wildman–Crippen MR) is 74.9 cm³/mol. The minimum Gasteiger partial charge on any atom is -0.294 e. The fourth-order valence-electron chi connectivity index (χ4n) is 2.13. The van der Waals surface area contributed by atoms with E-state index in [1.165, 1.54) is 0 Å². The zero-order valence-corrected chi connectivity index (χ0v) is 10.8. The smallest absolute Gasteiger partial charge is 0.164 e. The number of nitriles is 1. The second kappa shape index (κ2) is 5.97. The van der Waals surface area contributed by atoms with Crippen molar-refractivity contribution in [1.29, 1.82) is 5.26 Å². The Labute approximate surface area is 113 Å². The highest BCUT2D eigenvalue weighted by Gasteiger charge is 2.17. The van der Waals surface area contributed by atoms with Gasteiger partial charge in [0, 0.05) is 12.0 Å². The minimum atomic E-state index is -0.381. The number of aryl methyl sites for hydroxylation is 1. The zero-order valence-electron chi connectivity index (χ0n) is 10.8. The molecule has 0 spiro atoms. The van der Waals surface area contributed by atoms with Crippen molar-refractivity contribution < 1.29 is 4.79 Å². The number of rotatable bonds is 4. The third kappa shape index (κ3) is 3.08. The first-order valence-corrected chi connectivity index (χ1v) is 6.25. The summed E-state index contributed by atoms with van der Waals surface area (Å²) in [4.78, 5) is 12.1. The summed E-state index contributed by atoms with van der Waals surface area (Å²) in [6.45, 7) is 1.96. The van der Waals surface area contributed by atoms with Gasteiger partial charge in [-0.1, -0.05) is 54.6 Å². The second-order valence-electron chi connectivity index (χ2n) is 4.53. The summed E-state index contributed by atoms with van der Waals surface area (Å²) in [6, 6.07) is 19.1. The minimum absolute atomic E-state index is 0.00963. The van der Waals surface area contributed by atoms with E-state index in [-0.39, 0.29) is 18.1 Å². The van der Waals surface area contributed by atoms with Crippen LogP contribution in [-0.4, -0.2) is 5.78 Å². The van der Waals surface area contributed by atoms with Gasteiger partial charge >= 0.3 is 0 Å². The van der Waals surface area contributed by atoms with Gasteiger partial charge in [-0.15, -0.1) is 0 Å². The molecule has 2 aromatic carbocycles. The molecule has 0 amide bonds. The van der Waals surface area contributed by atoms with E-state index in [1.807, 2.05) is 49.4 Å². The lowest BCUT2D eigenvalue weighted by Crippen LogP contribution is -2.07. The molecule has 0 saturated carbocycles. The molecule has 0 aromatic heterocycles. The van der Waals surface area contributed by atoms with Gasteiger partial charge in [0.1, 0.15) is 0 Å². The van der Waals surface area contributed by atoms with E-state index in [0.29, 0.717) is 5.56 Å². The number of benzene rings is 2. The lowest BCUT2D eigenvalue weighted by atomic mass is 9.90. The molecule has 2 heteroatoms. The summed E-state index contributed by atoms with van der Waals surface area (Å²) < 4.78 is 0. The van der Waals surface area contributed by atoms with E-state index in [9.17, 15) is 10.1 Å². The van der Waals surface area contributed by atoms with Crippen molar-refractivity contribution in [2.24, 2.45) is 0 Å². The van der Waals surface area contributed by atoms with E-state index < -0.39 is 0 Å². The quantitative estimate of drug-likeness (QED) is 0.772.